The molecule has 0 saturated carbocycles. The van der Waals surface area contributed by atoms with E-state index in [9.17, 15) is 0 Å². The third kappa shape index (κ3) is 3.12. The molecule has 1 atom stereocenters. The van der Waals surface area contributed by atoms with Crippen LogP contribution in [0.2, 0.25) is 0 Å². The van der Waals surface area contributed by atoms with Crippen molar-refractivity contribution in [3.63, 3.8) is 0 Å². The van der Waals surface area contributed by atoms with Crippen LogP contribution in [-0.4, -0.2) is 42.1 Å². The molecule has 5 nitrogen and oxygen atoms in total. The molecule has 1 saturated heterocycles. The van der Waals surface area contributed by atoms with Crippen molar-refractivity contribution in [1.29, 1.82) is 0 Å². The Morgan fingerprint density at radius 3 is 2.86 bits per heavy atom. The molecule has 110 valence electrons. The number of hydrogen-bond acceptors (Lipinski definition) is 5. The SMILES string of the molecule is CN(C)c1cc([C@H]2CCCN(c3ccncn3)C2)ccn1. The highest BCUT2D eigenvalue weighted by Crippen LogP contribution is 2.29. The molecule has 21 heavy (non-hydrogen) atoms. The Labute approximate surface area is 125 Å². The van der Waals surface area contributed by atoms with Crippen molar-refractivity contribution in [3.05, 3.63) is 42.5 Å². The first-order valence-corrected chi connectivity index (χ1v) is 7.38. The fourth-order valence-corrected chi connectivity index (χ4v) is 2.86. The van der Waals surface area contributed by atoms with E-state index in [2.05, 4.69) is 36.9 Å². The molecule has 1 fully saturated rings. The van der Waals surface area contributed by atoms with Gasteiger partial charge < -0.3 is 9.80 Å². The van der Waals surface area contributed by atoms with Gasteiger partial charge in [-0.15, -0.1) is 0 Å². The van der Waals surface area contributed by atoms with E-state index in [1.165, 1.54) is 18.4 Å². The number of piperidine rings is 1. The van der Waals surface area contributed by atoms with Crippen LogP contribution in [0, 0.1) is 0 Å². The third-order valence-electron chi connectivity index (χ3n) is 4.01. The van der Waals surface area contributed by atoms with Crippen molar-refractivity contribution in [2.24, 2.45) is 0 Å². The quantitative estimate of drug-likeness (QED) is 0.865. The standard InChI is InChI=1S/C16H21N5/c1-20(2)16-10-13(5-8-18-16)14-4-3-9-21(11-14)15-6-7-17-12-19-15/h5-8,10,12,14H,3-4,9,11H2,1-2H3/t14-/m0/s1. The molecule has 0 N–H and O–H groups in total. The fourth-order valence-electron chi connectivity index (χ4n) is 2.86. The minimum atomic E-state index is 0.537. The van der Waals surface area contributed by atoms with Gasteiger partial charge in [0.25, 0.3) is 0 Å². The maximum Gasteiger partial charge on any atom is 0.131 e. The van der Waals surface area contributed by atoms with E-state index < -0.39 is 0 Å². The molecule has 3 rings (SSSR count). The summed E-state index contributed by atoms with van der Waals surface area (Å²) in [6.07, 6.45) is 7.75. The Balaban J connectivity index is 1.78. The van der Waals surface area contributed by atoms with Gasteiger partial charge >= 0.3 is 0 Å². The van der Waals surface area contributed by atoms with Crippen molar-refractivity contribution >= 4 is 11.6 Å². The van der Waals surface area contributed by atoms with Gasteiger partial charge in [0.1, 0.15) is 18.0 Å². The number of nitrogens with zero attached hydrogens (tertiary/aromatic N) is 5. The molecular formula is C16H21N5. The van der Waals surface area contributed by atoms with Gasteiger partial charge in [-0.1, -0.05) is 0 Å². The Bertz CT molecular complexity index is 584. The molecule has 0 amide bonds. The van der Waals surface area contributed by atoms with Gasteiger partial charge in [0.15, 0.2) is 0 Å². The summed E-state index contributed by atoms with van der Waals surface area (Å²) in [5, 5.41) is 0. The fraction of sp³-hybridized carbons (Fsp3) is 0.438. The summed E-state index contributed by atoms with van der Waals surface area (Å²) in [7, 11) is 4.06. The lowest BCUT2D eigenvalue weighted by molar-refractivity contribution is 0.506. The molecule has 0 bridgehead atoms. The van der Waals surface area contributed by atoms with Crippen LogP contribution in [0.25, 0.3) is 0 Å². The van der Waals surface area contributed by atoms with Gasteiger partial charge in [-0.2, -0.15) is 0 Å². The normalized spacial score (nSPS) is 18.6. The van der Waals surface area contributed by atoms with Gasteiger partial charge in [-0.25, -0.2) is 15.0 Å². The van der Waals surface area contributed by atoms with E-state index in [1.54, 1.807) is 6.33 Å². The van der Waals surface area contributed by atoms with Crippen molar-refractivity contribution < 1.29 is 0 Å². The molecule has 0 aliphatic carbocycles. The summed E-state index contributed by atoms with van der Waals surface area (Å²) in [6, 6.07) is 6.33. The second-order valence-electron chi connectivity index (χ2n) is 5.69. The van der Waals surface area contributed by atoms with Crippen molar-refractivity contribution in [2.75, 3.05) is 37.0 Å². The summed E-state index contributed by atoms with van der Waals surface area (Å²) in [4.78, 5) is 17.2. The van der Waals surface area contributed by atoms with Crippen molar-refractivity contribution in [3.8, 4) is 0 Å². The van der Waals surface area contributed by atoms with E-state index >= 15 is 0 Å². The number of pyridine rings is 1. The minimum Gasteiger partial charge on any atom is -0.363 e. The number of aromatic nitrogens is 3. The van der Waals surface area contributed by atoms with Gasteiger partial charge in [0.2, 0.25) is 0 Å². The molecule has 2 aromatic rings. The van der Waals surface area contributed by atoms with E-state index in [0.717, 1.165) is 24.7 Å². The number of hydrogen-bond donors (Lipinski definition) is 0. The molecule has 0 spiro atoms. The smallest absolute Gasteiger partial charge is 0.131 e. The molecule has 5 heteroatoms. The highest BCUT2D eigenvalue weighted by atomic mass is 15.2. The van der Waals surface area contributed by atoms with Crippen LogP contribution in [-0.2, 0) is 0 Å². The van der Waals surface area contributed by atoms with Gasteiger partial charge in [0, 0.05) is 45.5 Å². The zero-order valence-corrected chi connectivity index (χ0v) is 12.6. The summed E-state index contributed by atoms with van der Waals surface area (Å²) < 4.78 is 0. The summed E-state index contributed by atoms with van der Waals surface area (Å²) in [6.45, 7) is 2.08. The zero-order valence-electron chi connectivity index (χ0n) is 12.6. The largest absolute Gasteiger partial charge is 0.363 e. The van der Waals surface area contributed by atoms with Crippen LogP contribution in [0.1, 0.15) is 24.3 Å². The molecule has 2 aromatic heterocycles. The minimum absolute atomic E-state index is 0.537. The van der Waals surface area contributed by atoms with Crippen LogP contribution >= 0.6 is 0 Å². The van der Waals surface area contributed by atoms with Crippen LogP contribution < -0.4 is 9.80 Å². The Morgan fingerprint density at radius 2 is 2.10 bits per heavy atom. The maximum atomic E-state index is 4.40. The van der Waals surface area contributed by atoms with E-state index in [-0.39, 0.29) is 0 Å². The summed E-state index contributed by atoms with van der Waals surface area (Å²) in [5.41, 5.74) is 1.37. The Hall–Kier alpha value is -2.17. The molecule has 1 aliphatic heterocycles. The molecular weight excluding hydrogens is 262 g/mol. The highest BCUT2D eigenvalue weighted by Gasteiger charge is 2.22. The molecule has 1 aliphatic rings. The molecule has 0 unspecified atom stereocenters. The predicted molar refractivity (Wildman–Crippen MR) is 84.8 cm³/mol. The Kier molecular flexibility index (Phi) is 3.99. The van der Waals surface area contributed by atoms with Gasteiger partial charge in [-0.05, 0) is 36.6 Å². The maximum absolute atomic E-state index is 4.40. The van der Waals surface area contributed by atoms with Crippen LogP contribution in [0.4, 0.5) is 11.6 Å². The topological polar surface area (TPSA) is 45.2 Å². The van der Waals surface area contributed by atoms with E-state index in [4.69, 9.17) is 0 Å². The first-order valence-electron chi connectivity index (χ1n) is 7.38. The monoisotopic (exact) mass is 283 g/mol. The molecule has 3 heterocycles. The Morgan fingerprint density at radius 1 is 1.19 bits per heavy atom. The van der Waals surface area contributed by atoms with Gasteiger partial charge in [-0.3, -0.25) is 0 Å². The second-order valence-corrected chi connectivity index (χ2v) is 5.69. The lowest BCUT2D eigenvalue weighted by Crippen LogP contribution is -2.35. The molecule has 0 radical (unpaired) electrons. The lowest BCUT2D eigenvalue weighted by atomic mass is 9.91. The van der Waals surface area contributed by atoms with Crippen LogP contribution in [0.15, 0.2) is 36.9 Å². The van der Waals surface area contributed by atoms with Crippen LogP contribution in [0.3, 0.4) is 0 Å². The lowest BCUT2D eigenvalue weighted by Gasteiger charge is -2.34. The predicted octanol–water partition coefficient (Wildman–Crippen LogP) is 2.32. The van der Waals surface area contributed by atoms with Gasteiger partial charge in [0.05, 0.1) is 0 Å². The summed E-state index contributed by atoms with van der Waals surface area (Å²) in [5.74, 6) is 2.58. The number of anilines is 2. The van der Waals surface area contributed by atoms with Crippen molar-refractivity contribution in [2.45, 2.75) is 18.8 Å². The second kappa shape index (κ2) is 6.08. The number of rotatable bonds is 3. The summed E-state index contributed by atoms with van der Waals surface area (Å²) >= 11 is 0. The average molecular weight is 283 g/mol. The average Bonchev–Trinajstić information content (AvgIpc) is 2.56. The first-order chi connectivity index (χ1) is 10.2. The first kappa shape index (κ1) is 13.8. The third-order valence-corrected chi connectivity index (χ3v) is 4.01. The van der Waals surface area contributed by atoms with Crippen LogP contribution in [0.5, 0.6) is 0 Å². The van der Waals surface area contributed by atoms with E-state index in [0.29, 0.717) is 5.92 Å². The zero-order chi connectivity index (χ0) is 14.7. The van der Waals surface area contributed by atoms with E-state index in [1.807, 2.05) is 32.6 Å². The highest BCUT2D eigenvalue weighted by molar-refractivity contribution is 5.43. The molecule has 0 aromatic carbocycles. The van der Waals surface area contributed by atoms with Crippen molar-refractivity contribution in [1.82, 2.24) is 15.0 Å².